The van der Waals surface area contributed by atoms with Crippen molar-refractivity contribution in [3.63, 3.8) is 0 Å². The van der Waals surface area contributed by atoms with E-state index in [4.69, 9.17) is 0 Å². The summed E-state index contributed by atoms with van der Waals surface area (Å²) in [6, 6.07) is 0.332. The van der Waals surface area contributed by atoms with Crippen LogP contribution in [0, 0.1) is 5.92 Å². The molecular formula is C11H21N3O. The van der Waals surface area contributed by atoms with Gasteiger partial charge in [0.25, 0.3) is 0 Å². The van der Waals surface area contributed by atoms with Gasteiger partial charge in [-0.25, -0.2) is 9.67 Å². The lowest BCUT2D eigenvalue weighted by atomic mass is 10.0. The molecule has 0 aliphatic rings. The molecule has 4 heteroatoms. The highest BCUT2D eigenvalue weighted by molar-refractivity contribution is 4.87. The number of rotatable bonds is 5. The lowest BCUT2D eigenvalue weighted by Gasteiger charge is -2.14. The molecule has 0 saturated heterocycles. The molecular weight excluding hydrogens is 190 g/mol. The van der Waals surface area contributed by atoms with Gasteiger partial charge in [-0.05, 0) is 26.2 Å². The van der Waals surface area contributed by atoms with E-state index in [-0.39, 0.29) is 6.10 Å². The fourth-order valence-electron chi connectivity index (χ4n) is 1.49. The van der Waals surface area contributed by atoms with Gasteiger partial charge in [0.2, 0.25) is 0 Å². The van der Waals surface area contributed by atoms with E-state index in [0.717, 1.165) is 18.7 Å². The standard InChI is InChI=1S/C11H21N3O/c1-8(2)10(15)5-6-11-12-7-13-14(11)9(3)4/h7-10,15H,5-6H2,1-4H3. The molecule has 0 amide bonds. The highest BCUT2D eigenvalue weighted by atomic mass is 16.3. The van der Waals surface area contributed by atoms with Crippen LogP contribution in [0.4, 0.5) is 0 Å². The minimum Gasteiger partial charge on any atom is -0.393 e. The number of aryl methyl sites for hydroxylation is 1. The third-order valence-corrected chi connectivity index (χ3v) is 2.57. The summed E-state index contributed by atoms with van der Waals surface area (Å²) in [6.07, 6.45) is 2.87. The summed E-state index contributed by atoms with van der Waals surface area (Å²) in [5.74, 6) is 1.27. The first-order chi connectivity index (χ1) is 7.02. The second-order valence-electron chi connectivity index (χ2n) is 4.56. The van der Waals surface area contributed by atoms with E-state index in [9.17, 15) is 5.11 Å². The van der Waals surface area contributed by atoms with E-state index in [0.29, 0.717) is 12.0 Å². The topological polar surface area (TPSA) is 50.9 Å². The molecule has 86 valence electrons. The summed E-state index contributed by atoms with van der Waals surface area (Å²) >= 11 is 0. The summed E-state index contributed by atoms with van der Waals surface area (Å²) < 4.78 is 1.91. The second-order valence-corrected chi connectivity index (χ2v) is 4.56. The molecule has 1 aromatic heterocycles. The zero-order chi connectivity index (χ0) is 11.4. The number of aliphatic hydroxyl groups excluding tert-OH is 1. The first-order valence-corrected chi connectivity index (χ1v) is 5.58. The van der Waals surface area contributed by atoms with Crippen molar-refractivity contribution >= 4 is 0 Å². The van der Waals surface area contributed by atoms with Crippen molar-refractivity contribution in [3.05, 3.63) is 12.2 Å². The van der Waals surface area contributed by atoms with Gasteiger partial charge in [0.15, 0.2) is 0 Å². The number of hydrogen-bond donors (Lipinski definition) is 1. The van der Waals surface area contributed by atoms with Crippen LogP contribution in [0.15, 0.2) is 6.33 Å². The predicted molar refractivity (Wildman–Crippen MR) is 59.6 cm³/mol. The fourth-order valence-corrected chi connectivity index (χ4v) is 1.49. The fraction of sp³-hybridized carbons (Fsp3) is 0.818. The van der Waals surface area contributed by atoms with Crippen molar-refractivity contribution in [1.29, 1.82) is 0 Å². The lowest BCUT2D eigenvalue weighted by molar-refractivity contribution is 0.115. The van der Waals surface area contributed by atoms with Gasteiger partial charge < -0.3 is 5.11 Å². The van der Waals surface area contributed by atoms with Crippen LogP contribution in [-0.2, 0) is 6.42 Å². The van der Waals surface area contributed by atoms with Gasteiger partial charge in [0.1, 0.15) is 12.2 Å². The van der Waals surface area contributed by atoms with Crippen LogP contribution in [0.5, 0.6) is 0 Å². The second kappa shape index (κ2) is 5.26. The maximum atomic E-state index is 9.70. The quantitative estimate of drug-likeness (QED) is 0.808. The lowest BCUT2D eigenvalue weighted by Crippen LogP contribution is -2.17. The third-order valence-electron chi connectivity index (χ3n) is 2.57. The van der Waals surface area contributed by atoms with Crippen molar-refractivity contribution in [3.8, 4) is 0 Å². The average molecular weight is 211 g/mol. The summed E-state index contributed by atoms with van der Waals surface area (Å²) in [5.41, 5.74) is 0. The molecule has 0 aliphatic carbocycles. The predicted octanol–water partition coefficient (Wildman–Crippen LogP) is 1.81. The normalized spacial score (nSPS) is 13.8. The van der Waals surface area contributed by atoms with Gasteiger partial charge in [0.05, 0.1) is 6.10 Å². The smallest absolute Gasteiger partial charge is 0.138 e. The highest BCUT2D eigenvalue weighted by Gasteiger charge is 2.12. The number of aromatic nitrogens is 3. The Hall–Kier alpha value is -0.900. The molecule has 1 rings (SSSR count). The Morgan fingerprint density at radius 2 is 2.00 bits per heavy atom. The van der Waals surface area contributed by atoms with E-state index in [1.807, 2.05) is 18.5 Å². The Bertz CT molecular complexity index is 294. The van der Waals surface area contributed by atoms with Crippen molar-refractivity contribution in [2.75, 3.05) is 0 Å². The third kappa shape index (κ3) is 3.30. The average Bonchev–Trinajstić information content (AvgIpc) is 2.61. The molecule has 0 aromatic carbocycles. The Morgan fingerprint density at radius 1 is 1.33 bits per heavy atom. The van der Waals surface area contributed by atoms with Crippen LogP contribution in [0.25, 0.3) is 0 Å². The van der Waals surface area contributed by atoms with Gasteiger partial charge in [-0.3, -0.25) is 0 Å². The summed E-state index contributed by atoms with van der Waals surface area (Å²) in [4.78, 5) is 4.21. The molecule has 0 aliphatic heterocycles. The van der Waals surface area contributed by atoms with Crippen molar-refractivity contribution < 1.29 is 5.11 Å². The molecule has 15 heavy (non-hydrogen) atoms. The van der Waals surface area contributed by atoms with Gasteiger partial charge >= 0.3 is 0 Å². The largest absolute Gasteiger partial charge is 0.393 e. The van der Waals surface area contributed by atoms with Crippen LogP contribution < -0.4 is 0 Å². The van der Waals surface area contributed by atoms with Crippen LogP contribution in [-0.4, -0.2) is 26.0 Å². The van der Waals surface area contributed by atoms with Crippen molar-refractivity contribution in [2.24, 2.45) is 5.92 Å². The number of aliphatic hydroxyl groups is 1. The molecule has 0 fully saturated rings. The highest BCUT2D eigenvalue weighted by Crippen LogP contribution is 2.11. The first-order valence-electron chi connectivity index (χ1n) is 5.58. The maximum Gasteiger partial charge on any atom is 0.138 e. The SMILES string of the molecule is CC(C)C(O)CCc1ncnn1C(C)C. The number of nitrogens with zero attached hydrogens (tertiary/aromatic N) is 3. The monoisotopic (exact) mass is 211 g/mol. The molecule has 1 N–H and O–H groups in total. The minimum absolute atomic E-state index is 0.248. The molecule has 4 nitrogen and oxygen atoms in total. The molecule has 1 heterocycles. The van der Waals surface area contributed by atoms with Crippen LogP contribution in [0.3, 0.4) is 0 Å². The Balaban J connectivity index is 2.54. The molecule has 1 aromatic rings. The minimum atomic E-state index is -0.248. The van der Waals surface area contributed by atoms with Gasteiger partial charge in [0, 0.05) is 12.5 Å². The van der Waals surface area contributed by atoms with Gasteiger partial charge in [-0.1, -0.05) is 13.8 Å². The van der Waals surface area contributed by atoms with E-state index >= 15 is 0 Å². The van der Waals surface area contributed by atoms with E-state index in [1.165, 1.54) is 0 Å². The van der Waals surface area contributed by atoms with Crippen molar-refractivity contribution in [2.45, 2.75) is 52.7 Å². The van der Waals surface area contributed by atoms with E-state index in [1.54, 1.807) is 6.33 Å². The van der Waals surface area contributed by atoms with E-state index < -0.39 is 0 Å². The molecule has 1 atom stereocenters. The summed E-state index contributed by atoms with van der Waals surface area (Å²) in [5, 5.41) is 13.9. The zero-order valence-electron chi connectivity index (χ0n) is 10.0. The van der Waals surface area contributed by atoms with Crippen LogP contribution >= 0.6 is 0 Å². The number of hydrogen-bond acceptors (Lipinski definition) is 3. The van der Waals surface area contributed by atoms with Crippen molar-refractivity contribution in [1.82, 2.24) is 14.8 Å². The Kier molecular flexibility index (Phi) is 4.27. The first kappa shape index (κ1) is 12.2. The van der Waals surface area contributed by atoms with Crippen LogP contribution in [0.1, 0.15) is 46.0 Å². The Morgan fingerprint density at radius 3 is 2.53 bits per heavy atom. The van der Waals surface area contributed by atoms with Gasteiger partial charge in [-0.2, -0.15) is 5.10 Å². The molecule has 0 radical (unpaired) electrons. The maximum absolute atomic E-state index is 9.70. The molecule has 0 saturated carbocycles. The summed E-state index contributed by atoms with van der Waals surface area (Å²) in [7, 11) is 0. The Labute approximate surface area is 91.3 Å². The van der Waals surface area contributed by atoms with Gasteiger partial charge in [-0.15, -0.1) is 0 Å². The van der Waals surface area contributed by atoms with Crippen LogP contribution in [0.2, 0.25) is 0 Å². The molecule has 0 bridgehead atoms. The molecule has 0 spiro atoms. The zero-order valence-corrected chi connectivity index (χ0v) is 10.0. The van der Waals surface area contributed by atoms with E-state index in [2.05, 4.69) is 23.9 Å². The summed E-state index contributed by atoms with van der Waals surface area (Å²) in [6.45, 7) is 8.21. The molecule has 1 unspecified atom stereocenters.